The number of aliphatic hydroxyl groups excluding tert-OH is 2. The number of nitrogens with zero attached hydrogens (tertiary/aromatic N) is 1. The van der Waals surface area contributed by atoms with E-state index in [-0.39, 0.29) is 18.7 Å². The minimum Gasteiger partial charge on any atom is -0.396 e. The van der Waals surface area contributed by atoms with Crippen LogP contribution in [0.25, 0.3) is 0 Å². The van der Waals surface area contributed by atoms with Gasteiger partial charge in [0.05, 0.1) is 12.7 Å². The Balaban J connectivity index is 2.10. The fourth-order valence-electron chi connectivity index (χ4n) is 3.36. The van der Waals surface area contributed by atoms with Crippen molar-refractivity contribution in [1.82, 2.24) is 4.90 Å². The van der Waals surface area contributed by atoms with Crippen molar-refractivity contribution in [3.8, 4) is 0 Å². The van der Waals surface area contributed by atoms with Crippen LogP contribution in [0.1, 0.15) is 37.3 Å². The van der Waals surface area contributed by atoms with Crippen LogP contribution in [0.5, 0.6) is 0 Å². The standard InChI is InChI=1S/C17H25F2NO2/c1-3-6-17(11-21)7-8-20(10-15(17)22)9-13-14(18)5-4-12(2)16(13)19/h4-5,15,21-22H,3,6-11H2,1-2H3/t15-,17-/m1/s1. The highest BCUT2D eigenvalue weighted by Crippen LogP contribution is 2.36. The lowest BCUT2D eigenvalue weighted by Crippen LogP contribution is -2.52. The van der Waals surface area contributed by atoms with Gasteiger partial charge in [0, 0.05) is 24.1 Å². The van der Waals surface area contributed by atoms with Crippen molar-refractivity contribution in [3.63, 3.8) is 0 Å². The number of benzene rings is 1. The topological polar surface area (TPSA) is 43.7 Å². The summed E-state index contributed by atoms with van der Waals surface area (Å²) in [5, 5.41) is 20.0. The molecule has 0 bridgehead atoms. The van der Waals surface area contributed by atoms with Gasteiger partial charge in [-0.3, -0.25) is 4.90 Å². The molecule has 1 aliphatic heterocycles. The molecule has 2 rings (SSSR count). The Morgan fingerprint density at radius 2 is 2.09 bits per heavy atom. The van der Waals surface area contributed by atoms with Gasteiger partial charge in [-0.2, -0.15) is 0 Å². The first-order valence-corrected chi connectivity index (χ1v) is 7.88. The number of β-amino-alcohol motifs (C(OH)–C–C–N with tert-alkyl or cyclic N) is 1. The molecule has 1 fully saturated rings. The van der Waals surface area contributed by atoms with Gasteiger partial charge < -0.3 is 10.2 Å². The maximum atomic E-state index is 14.1. The Kier molecular flexibility index (Phi) is 5.53. The fraction of sp³-hybridized carbons (Fsp3) is 0.647. The summed E-state index contributed by atoms with van der Waals surface area (Å²) in [6, 6.07) is 2.71. The van der Waals surface area contributed by atoms with Crippen LogP contribution in [0.3, 0.4) is 0 Å². The van der Waals surface area contributed by atoms with Crippen LogP contribution < -0.4 is 0 Å². The Labute approximate surface area is 130 Å². The predicted octanol–water partition coefficient (Wildman–Crippen LogP) is 2.62. The molecule has 2 atom stereocenters. The summed E-state index contributed by atoms with van der Waals surface area (Å²) in [6.45, 7) is 4.67. The van der Waals surface area contributed by atoms with E-state index in [0.717, 1.165) is 12.8 Å². The highest BCUT2D eigenvalue weighted by molar-refractivity contribution is 5.26. The molecule has 1 heterocycles. The first kappa shape index (κ1) is 17.3. The molecule has 0 aromatic heterocycles. The van der Waals surface area contributed by atoms with Crippen molar-refractivity contribution in [1.29, 1.82) is 0 Å². The molecule has 5 heteroatoms. The normalized spacial score (nSPS) is 26.4. The third-order valence-electron chi connectivity index (χ3n) is 4.89. The number of aliphatic hydroxyl groups is 2. The van der Waals surface area contributed by atoms with Gasteiger partial charge >= 0.3 is 0 Å². The Hall–Kier alpha value is -1.04. The lowest BCUT2D eigenvalue weighted by molar-refractivity contribution is -0.0805. The highest BCUT2D eigenvalue weighted by atomic mass is 19.1. The van der Waals surface area contributed by atoms with Crippen molar-refractivity contribution in [3.05, 3.63) is 34.9 Å². The van der Waals surface area contributed by atoms with Crippen molar-refractivity contribution in [2.75, 3.05) is 19.7 Å². The van der Waals surface area contributed by atoms with E-state index in [4.69, 9.17) is 0 Å². The SMILES string of the molecule is CCC[C@]1(CO)CCN(Cc2c(F)ccc(C)c2F)C[C@H]1O. The molecule has 1 aromatic carbocycles. The maximum Gasteiger partial charge on any atom is 0.133 e. The van der Waals surface area contributed by atoms with E-state index in [0.29, 0.717) is 25.1 Å². The quantitative estimate of drug-likeness (QED) is 0.878. The summed E-state index contributed by atoms with van der Waals surface area (Å²) in [4.78, 5) is 1.86. The summed E-state index contributed by atoms with van der Waals surface area (Å²) in [5.74, 6) is -1.06. The average Bonchev–Trinajstić information content (AvgIpc) is 2.50. The lowest BCUT2D eigenvalue weighted by atomic mass is 9.73. The first-order chi connectivity index (χ1) is 10.4. The number of rotatable bonds is 5. The van der Waals surface area contributed by atoms with Crippen molar-refractivity contribution < 1.29 is 19.0 Å². The van der Waals surface area contributed by atoms with Gasteiger partial charge in [-0.1, -0.05) is 19.4 Å². The lowest BCUT2D eigenvalue weighted by Gasteiger charge is -2.44. The van der Waals surface area contributed by atoms with E-state index in [1.165, 1.54) is 12.1 Å². The van der Waals surface area contributed by atoms with Crippen LogP contribution in [0.15, 0.2) is 12.1 Å². The molecule has 0 spiro atoms. The van der Waals surface area contributed by atoms with Crippen LogP contribution >= 0.6 is 0 Å². The molecule has 1 aromatic rings. The van der Waals surface area contributed by atoms with E-state index >= 15 is 0 Å². The number of aryl methyl sites for hydroxylation is 1. The molecule has 0 aliphatic carbocycles. The molecule has 0 saturated carbocycles. The molecule has 124 valence electrons. The number of piperidine rings is 1. The van der Waals surface area contributed by atoms with Gasteiger partial charge in [0.15, 0.2) is 0 Å². The number of hydrogen-bond donors (Lipinski definition) is 2. The molecule has 22 heavy (non-hydrogen) atoms. The second-order valence-electron chi connectivity index (χ2n) is 6.43. The van der Waals surface area contributed by atoms with Crippen LogP contribution in [0, 0.1) is 24.0 Å². The minimum absolute atomic E-state index is 0.0526. The third kappa shape index (κ3) is 3.31. The Morgan fingerprint density at radius 1 is 1.36 bits per heavy atom. The third-order valence-corrected chi connectivity index (χ3v) is 4.89. The monoisotopic (exact) mass is 313 g/mol. The van der Waals surface area contributed by atoms with E-state index in [9.17, 15) is 19.0 Å². The highest BCUT2D eigenvalue weighted by Gasteiger charge is 2.41. The summed E-state index contributed by atoms with van der Waals surface area (Å²) >= 11 is 0. The molecule has 0 unspecified atom stereocenters. The van der Waals surface area contributed by atoms with Crippen LogP contribution in [-0.4, -0.2) is 40.9 Å². The fourth-order valence-corrected chi connectivity index (χ4v) is 3.36. The Morgan fingerprint density at radius 3 is 2.68 bits per heavy atom. The van der Waals surface area contributed by atoms with Crippen molar-refractivity contribution in [2.45, 2.75) is 45.8 Å². The average molecular weight is 313 g/mol. The zero-order chi connectivity index (χ0) is 16.3. The smallest absolute Gasteiger partial charge is 0.133 e. The molecule has 0 radical (unpaired) electrons. The molecule has 2 N–H and O–H groups in total. The molecule has 0 amide bonds. The molecule has 3 nitrogen and oxygen atoms in total. The summed E-state index contributed by atoms with van der Waals surface area (Å²) in [7, 11) is 0. The molecule has 1 saturated heterocycles. The zero-order valence-corrected chi connectivity index (χ0v) is 13.3. The van der Waals surface area contributed by atoms with Crippen LogP contribution in [0.4, 0.5) is 8.78 Å². The van der Waals surface area contributed by atoms with Crippen LogP contribution in [-0.2, 0) is 6.54 Å². The van der Waals surface area contributed by atoms with Gasteiger partial charge in [-0.15, -0.1) is 0 Å². The Bertz CT molecular complexity index is 524. The molecule has 1 aliphatic rings. The number of hydrogen-bond acceptors (Lipinski definition) is 3. The van der Waals surface area contributed by atoms with E-state index in [1.54, 1.807) is 6.92 Å². The largest absolute Gasteiger partial charge is 0.396 e. The molecular weight excluding hydrogens is 288 g/mol. The van der Waals surface area contributed by atoms with Gasteiger partial charge in [0.25, 0.3) is 0 Å². The second kappa shape index (κ2) is 7.02. The maximum absolute atomic E-state index is 14.1. The van der Waals surface area contributed by atoms with Crippen molar-refractivity contribution in [2.24, 2.45) is 5.41 Å². The summed E-state index contributed by atoms with van der Waals surface area (Å²) in [5.41, 5.74) is -0.00146. The first-order valence-electron chi connectivity index (χ1n) is 7.88. The predicted molar refractivity (Wildman–Crippen MR) is 81.4 cm³/mol. The summed E-state index contributed by atoms with van der Waals surface area (Å²) in [6.07, 6.45) is 1.60. The van der Waals surface area contributed by atoms with Crippen LogP contribution in [0.2, 0.25) is 0 Å². The van der Waals surface area contributed by atoms with E-state index < -0.39 is 23.2 Å². The second-order valence-corrected chi connectivity index (χ2v) is 6.43. The van der Waals surface area contributed by atoms with E-state index in [2.05, 4.69) is 0 Å². The van der Waals surface area contributed by atoms with Gasteiger partial charge in [0.2, 0.25) is 0 Å². The number of likely N-dealkylation sites (tertiary alicyclic amines) is 1. The van der Waals surface area contributed by atoms with E-state index in [1.807, 2.05) is 11.8 Å². The summed E-state index contributed by atoms with van der Waals surface area (Å²) < 4.78 is 27.9. The molecular formula is C17H25F2NO2. The van der Waals surface area contributed by atoms with Gasteiger partial charge in [-0.25, -0.2) is 8.78 Å². The minimum atomic E-state index is -0.679. The van der Waals surface area contributed by atoms with Crippen molar-refractivity contribution >= 4 is 0 Å². The zero-order valence-electron chi connectivity index (χ0n) is 13.3. The van der Waals surface area contributed by atoms with Gasteiger partial charge in [-0.05, 0) is 37.9 Å². The van der Waals surface area contributed by atoms with Gasteiger partial charge in [0.1, 0.15) is 11.6 Å². The number of halogens is 2.